The summed E-state index contributed by atoms with van der Waals surface area (Å²) in [6.07, 6.45) is 5.00. The van der Waals surface area contributed by atoms with Crippen molar-refractivity contribution < 1.29 is 46.3 Å². The molecule has 2 saturated carbocycles. The molecule has 5 amide bonds. The number of ether oxygens (including phenoxy) is 2. The molecule has 3 N–H and O–H groups in total. The molecule has 284 valence electrons. The van der Waals surface area contributed by atoms with Gasteiger partial charge in [-0.05, 0) is 77.8 Å². The number of halogens is 1. The van der Waals surface area contributed by atoms with E-state index in [0.29, 0.717) is 36.8 Å². The first-order valence-electron chi connectivity index (χ1n) is 18.0. The second-order valence-electron chi connectivity index (χ2n) is 15.9. The van der Waals surface area contributed by atoms with Crippen molar-refractivity contribution in [2.45, 2.75) is 133 Å². The Morgan fingerprint density at radius 3 is 2.52 bits per heavy atom. The van der Waals surface area contributed by atoms with Gasteiger partial charge in [-0.3, -0.25) is 24.0 Å². The number of nitrogens with one attached hydrogen (secondary N) is 3. The van der Waals surface area contributed by atoms with Gasteiger partial charge < -0.3 is 25.0 Å². The fourth-order valence-corrected chi connectivity index (χ4v) is 8.44. The van der Waals surface area contributed by atoms with Gasteiger partial charge in [0, 0.05) is 24.4 Å². The molecule has 0 bridgehead atoms. The van der Waals surface area contributed by atoms with E-state index in [9.17, 15) is 36.8 Å². The van der Waals surface area contributed by atoms with Crippen LogP contribution < -0.4 is 15.4 Å². The highest BCUT2D eigenvalue weighted by Gasteiger charge is 2.63. The Kier molecular flexibility index (Phi) is 10.1. The number of allylic oxidation sites excluding steroid dienone is 1. The molecule has 16 heteroatoms. The number of sulfonamides is 1. The van der Waals surface area contributed by atoms with Crippen molar-refractivity contribution in [3.63, 3.8) is 0 Å². The van der Waals surface area contributed by atoms with Gasteiger partial charge in [0.2, 0.25) is 21.8 Å². The Hall–Kier alpha value is -4.21. The van der Waals surface area contributed by atoms with Crippen LogP contribution in [0, 0.1) is 11.7 Å². The van der Waals surface area contributed by atoms with Crippen molar-refractivity contribution in [3.05, 3.63) is 47.3 Å². The van der Waals surface area contributed by atoms with E-state index in [1.807, 2.05) is 12.2 Å². The van der Waals surface area contributed by atoms with E-state index in [4.69, 9.17) is 9.47 Å². The summed E-state index contributed by atoms with van der Waals surface area (Å²) in [6, 6.07) is 2.29. The Morgan fingerprint density at radius 2 is 1.83 bits per heavy atom. The quantitative estimate of drug-likeness (QED) is 0.380. The third-order valence-electron chi connectivity index (χ3n) is 10.6. The summed E-state index contributed by atoms with van der Waals surface area (Å²) in [7, 11) is -4.02. The second-order valence-corrected chi connectivity index (χ2v) is 18.1. The molecular weight excluding hydrogens is 697 g/mol. The maximum absolute atomic E-state index is 14.4. The predicted molar refractivity (Wildman–Crippen MR) is 185 cm³/mol. The molecule has 3 fully saturated rings. The molecule has 0 spiro atoms. The van der Waals surface area contributed by atoms with Crippen LogP contribution in [0.2, 0.25) is 0 Å². The molecule has 5 aliphatic rings. The lowest BCUT2D eigenvalue weighted by Gasteiger charge is -2.30. The second kappa shape index (κ2) is 14.0. The van der Waals surface area contributed by atoms with Crippen LogP contribution in [0.3, 0.4) is 0 Å². The Balaban J connectivity index is 1.26. The molecule has 1 unspecified atom stereocenters. The average molecular weight is 746 g/mol. The summed E-state index contributed by atoms with van der Waals surface area (Å²) in [5, 5.41) is 5.46. The molecule has 2 aliphatic carbocycles. The SMILES string of the molecule is CC(C)(C)OC(=O)N[C@H]1CCCCC/C=C\[C@@H]2C[C@@]2(C(=O)NS(=O)(=O)C2(C)CC2)NC(=O)C2C[C@@H](OC(=O)N3Cc4cccc(F)c4C3)CN2C1=O. The Bertz CT molecular complexity index is 1770. The number of rotatable bonds is 5. The van der Waals surface area contributed by atoms with Crippen LogP contribution in [0.1, 0.15) is 96.6 Å². The van der Waals surface area contributed by atoms with E-state index in [0.717, 1.165) is 12.8 Å². The van der Waals surface area contributed by atoms with Crippen molar-refractivity contribution in [1.82, 2.24) is 25.2 Å². The standard InChI is InChI=1S/C36H48FN5O9S/c1-34(2,3)51-32(46)38-27-14-9-7-5-6-8-12-23-18-36(23,31(45)40-52(48,49)35(4)15-16-35)39-29(43)28-17-24(20-42(28)30(27)44)50-33(47)41-19-22-11-10-13-26(37)25(22)21-41/h8,10-13,23-24,27-28H,5-7,9,14-21H2,1-4H3,(H,38,46)(H,39,43)(H,40,45)/b12-8-/t23-,24-,27+,28?,36-/m1/s1. The number of alkyl carbamates (subject to hydrolysis) is 1. The number of carbonyl (C=O) groups excluding carboxylic acids is 5. The van der Waals surface area contributed by atoms with Crippen LogP contribution in [-0.4, -0.2) is 88.7 Å². The zero-order valence-electron chi connectivity index (χ0n) is 30.0. The highest BCUT2D eigenvalue weighted by atomic mass is 32.2. The first kappa shape index (κ1) is 37.5. The van der Waals surface area contributed by atoms with Crippen molar-refractivity contribution in [2.75, 3.05) is 6.54 Å². The van der Waals surface area contributed by atoms with Crippen molar-refractivity contribution in [1.29, 1.82) is 0 Å². The number of benzene rings is 1. The van der Waals surface area contributed by atoms with Crippen molar-refractivity contribution >= 4 is 39.9 Å². The largest absolute Gasteiger partial charge is 0.444 e. The lowest BCUT2D eigenvalue weighted by Crippen LogP contribution is -2.58. The van der Waals surface area contributed by atoms with Crippen LogP contribution in [0.5, 0.6) is 0 Å². The number of fused-ring (bicyclic) bond motifs is 3. The van der Waals surface area contributed by atoms with E-state index in [-0.39, 0.29) is 38.9 Å². The molecular formula is C36H48FN5O9S. The number of nitrogens with zero attached hydrogens (tertiary/aromatic N) is 2. The molecule has 0 aromatic heterocycles. The van der Waals surface area contributed by atoms with Crippen LogP contribution in [0.25, 0.3) is 0 Å². The number of amides is 5. The molecule has 52 heavy (non-hydrogen) atoms. The van der Waals surface area contributed by atoms with Gasteiger partial charge in [0.25, 0.3) is 5.91 Å². The van der Waals surface area contributed by atoms with Gasteiger partial charge in [-0.2, -0.15) is 0 Å². The van der Waals surface area contributed by atoms with E-state index in [2.05, 4.69) is 15.4 Å². The molecule has 3 aliphatic heterocycles. The van der Waals surface area contributed by atoms with Crippen molar-refractivity contribution in [2.24, 2.45) is 5.92 Å². The number of hydrogen-bond donors (Lipinski definition) is 3. The van der Waals surface area contributed by atoms with Crippen molar-refractivity contribution in [3.8, 4) is 0 Å². The smallest absolute Gasteiger partial charge is 0.410 e. The summed E-state index contributed by atoms with van der Waals surface area (Å²) in [4.78, 5) is 71.1. The van der Waals surface area contributed by atoms with Gasteiger partial charge in [-0.15, -0.1) is 0 Å². The normalized spacial score (nSPS) is 29.2. The number of hydrogen-bond acceptors (Lipinski definition) is 9. The maximum Gasteiger partial charge on any atom is 0.410 e. The van der Waals surface area contributed by atoms with Crippen LogP contribution in [0.15, 0.2) is 30.4 Å². The maximum atomic E-state index is 14.4. The minimum Gasteiger partial charge on any atom is -0.444 e. The molecule has 0 radical (unpaired) electrons. The van der Waals surface area contributed by atoms with E-state index < -0.39 is 85.7 Å². The van der Waals surface area contributed by atoms with Gasteiger partial charge in [-0.25, -0.2) is 22.4 Å². The molecule has 6 rings (SSSR count). The van der Waals surface area contributed by atoms with Crippen LogP contribution in [0.4, 0.5) is 14.0 Å². The van der Waals surface area contributed by atoms with E-state index >= 15 is 0 Å². The van der Waals surface area contributed by atoms with E-state index in [1.165, 1.54) is 15.9 Å². The third kappa shape index (κ3) is 7.91. The average Bonchev–Trinajstić information content (AvgIpc) is 3.84. The molecule has 14 nitrogen and oxygen atoms in total. The summed E-state index contributed by atoms with van der Waals surface area (Å²) in [5.41, 5.74) is -1.38. The topological polar surface area (TPSA) is 181 Å². The lowest BCUT2D eigenvalue weighted by molar-refractivity contribution is -0.141. The molecule has 1 aromatic rings. The fraction of sp³-hybridized carbons (Fsp3) is 0.639. The molecule has 3 heterocycles. The first-order chi connectivity index (χ1) is 24.4. The first-order valence-corrected chi connectivity index (χ1v) is 19.5. The van der Waals surface area contributed by atoms with E-state index in [1.54, 1.807) is 39.8 Å². The minimum absolute atomic E-state index is 0.00348. The van der Waals surface area contributed by atoms with Crippen LogP contribution in [-0.2, 0) is 47.0 Å². The summed E-state index contributed by atoms with van der Waals surface area (Å²) in [5.74, 6) is -3.09. The highest BCUT2D eigenvalue weighted by Crippen LogP contribution is 2.47. The summed E-state index contributed by atoms with van der Waals surface area (Å²) in [6.45, 7) is 6.57. The van der Waals surface area contributed by atoms with Gasteiger partial charge in [0.1, 0.15) is 35.1 Å². The number of carbonyl (C=O) groups is 5. The monoisotopic (exact) mass is 745 g/mol. The minimum atomic E-state index is -4.02. The van der Waals surface area contributed by atoms with Gasteiger partial charge in [0.05, 0.1) is 17.8 Å². The van der Waals surface area contributed by atoms with Gasteiger partial charge in [0.15, 0.2) is 0 Å². The molecule has 1 saturated heterocycles. The Labute approximate surface area is 303 Å². The Morgan fingerprint density at radius 1 is 1.08 bits per heavy atom. The van der Waals surface area contributed by atoms with Gasteiger partial charge in [-0.1, -0.05) is 37.1 Å². The summed E-state index contributed by atoms with van der Waals surface area (Å²) < 4.78 is 52.9. The fourth-order valence-electron chi connectivity index (χ4n) is 7.12. The third-order valence-corrected chi connectivity index (χ3v) is 12.8. The zero-order chi connectivity index (χ0) is 37.6. The lowest BCUT2D eigenvalue weighted by atomic mass is 10.0. The van der Waals surface area contributed by atoms with Crippen LogP contribution >= 0.6 is 0 Å². The predicted octanol–water partition coefficient (Wildman–Crippen LogP) is 3.53. The van der Waals surface area contributed by atoms with Gasteiger partial charge >= 0.3 is 12.2 Å². The molecule has 5 atom stereocenters. The highest BCUT2D eigenvalue weighted by molar-refractivity contribution is 7.91. The summed E-state index contributed by atoms with van der Waals surface area (Å²) >= 11 is 0. The zero-order valence-corrected chi connectivity index (χ0v) is 30.9. The molecule has 1 aromatic carbocycles.